The average Bonchev–Trinajstić information content (AvgIpc) is 2.86. The highest BCUT2D eigenvalue weighted by Gasteiger charge is 2.43. The van der Waals surface area contributed by atoms with Gasteiger partial charge in [-0.1, -0.05) is 108 Å². The molecule has 0 spiro atoms. The van der Waals surface area contributed by atoms with Gasteiger partial charge in [-0.2, -0.15) is 10.1 Å². The molecule has 0 saturated carbocycles. The predicted octanol–water partition coefficient (Wildman–Crippen LogP) is 5.61. The highest BCUT2D eigenvalue weighted by Crippen LogP contribution is 2.34. The van der Waals surface area contributed by atoms with Crippen molar-refractivity contribution in [1.82, 2.24) is 0 Å². The molecule has 1 amide bonds. The summed E-state index contributed by atoms with van der Waals surface area (Å²) < 4.78 is 0. The molecular weight excluding hydrogens is 408 g/mol. The third-order valence-electron chi connectivity index (χ3n) is 5.56. The van der Waals surface area contributed by atoms with Gasteiger partial charge in [-0.05, 0) is 42.7 Å². The third-order valence-corrected chi connectivity index (χ3v) is 5.56. The summed E-state index contributed by atoms with van der Waals surface area (Å²) in [5, 5.41) is 17.9. The van der Waals surface area contributed by atoms with Gasteiger partial charge >= 0.3 is 0 Å². The smallest absolute Gasteiger partial charge is 0.288 e. The molecule has 0 saturated heterocycles. The normalized spacial score (nSPS) is 11.5. The SMILES string of the molecule is Cc1ccc(C(O)(C(=O)N(/N=C\c2ccccc2)c2ccccc2)c2ccc(C)cc2)cc1. The molecule has 0 bridgehead atoms. The van der Waals surface area contributed by atoms with Gasteiger partial charge < -0.3 is 5.11 Å². The van der Waals surface area contributed by atoms with Crippen molar-refractivity contribution in [2.75, 3.05) is 5.01 Å². The topological polar surface area (TPSA) is 52.9 Å². The summed E-state index contributed by atoms with van der Waals surface area (Å²) in [5.74, 6) is -0.561. The Labute approximate surface area is 194 Å². The van der Waals surface area contributed by atoms with E-state index in [1.54, 1.807) is 42.6 Å². The molecule has 0 aliphatic heterocycles. The Kier molecular flexibility index (Phi) is 6.48. The number of hydrazone groups is 1. The van der Waals surface area contributed by atoms with Gasteiger partial charge in [-0.25, -0.2) is 0 Å². The maximum Gasteiger partial charge on any atom is 0.288 e. The first kappa shape index (κ1) is 22.2. The third kappa shape index (κ3) is 4.76. The zero-order valence-corrected chi connectivity index (χ0v) is 18.7. The van der Waals surface area contributed by atoms with Crippen molar-refractivity contribution in [3.05, 3.63) is 137 Å². The number of rotatable bonds is 6. The number of nitrogens with zero attached hydrogens (tertiary/aromatic N) is 2. The highest BCUT2D eigenvalue weighted by atomic mass is 16.3. The van der Waals surface area contributed by atoms with Crippen molar-refractivity contribution in [1.29, 1.82) is 0 Å². The summed E-state index contributed by atoms with van der Waals surface area (Å²) in [5.41, 5.74) is 2.54. The van der Waals surface area contributed by atoms with Crippen molar-refractivity contribution in [2.24, 2.45) is 5.10 Å². The molecule has 4 aromatic rings. The quantitative estimate of drug-likeness (QED) is 0.317. The molecule has 0 unspecified atom stereocenters. The first-order chi connectivity index (χ1) is 16.0. The minimum absolute atomic E-state index is 0.484. The fourth-order valence-corrected chi connectivity index (χ4v) is 3.63. The second-order valence-corrected chi connectivity index (χ2v) is 8.05. The van der Waals surface area contributed by atoms with Crippen LogP contribution in [-0.4, -0.2) is 17.2 Å². The van der Waals surface area contributed by atoms with E-state index in [-0.39, 0.29) is 0 Å². The lowest BCUT2D eigenvalue weighted by atomic mass is 9.84. The number of anilines is 1. The minimum atomic E-state index is -1.93. The van der Waals surface area contributed by atoms with E-state index in [4.69, 9.17) is 0 Å². The minimum Gasteiger partial charge on any atom is -0.372 e. The molecule has 0 atom stereocenters. The van der Waals surface area contributed by atoms with Crippen molar-refractivity contribution < 1.29 is 9.90 Å². The number of aliphatic hydroxyl groups is 1. The fourth-order valence-electron chi connectivity index (χ4n) is 3.63. The van der Waals surface area contributed by atoms with Gasteiger partial charge in [-0.15, -0.1) is 0 Å². The first-order valence-electron chi connectivity index (χ1n) is 10.8. The van der Waals surface area contributed by atoms with Crippen LogP contribution in [0.1, 0.15) is 27.8 Å². The van der Waals surface area contributed by atoms with Gasteiger partial charge in [0.05, 0.1) is 11.9 Å². The molecule has 0 aliphatic carbocycles. The summed E-state index contributed by atoms with van der Waals surface area (Å²) in [4.78, 5) is 14.1. The maximum atomic E-state index is 14.1. The number of carbonyl (C=O) groups is 1. The molecule has 0 radical (unpaired) electrons. The summed E-state index contributed by atoms with van der Waals surface area (Å²) in [6.07, 6.45) is 1.62. The number of benzene rings is 4. The van der Waals surface area contributed by atoms with Gasteiger partial charge in [0.15, 0.2) is 5.60 Å². The van der Waals surface area contributed by atoms with E-state index in [9.17, 15) is 9.90 Å². The monoisotopic (exact) mass is 434 g/mol. The number of aryl methyl sites for hydroxylation is 2. The van der Waals surface area contributed by atoms with Crippen LogP contribution in [0.3, 0.4) is 0 Å². The van der Waals surface area contributed by atoms with Crippen molar-refractivity contribution in [2.45, 2.75) is 19.4 Å². The van der Waals surface area contributed by atoms with Gasteiger partial charge in [0.1, 0.15) is 0 Å². The van der Waals surface area contributed by atoms with E-state index in [0.717, 1.165) is 16.7 Å². The summed E-state index contributed by atoms with van der Waals surface area (Å²) in [6, 6.07) is 33.4. The largest absolute Gasteiger partial charge is 0.372 e. The van der Waals surface area contributed by atoms with E-state index in [0.29, 0.717) is 16.8 Å². The van der Waals surface area contributed by atoms with Crippen LogP contribution in [0.15, 0.2) is 114 Å². The lowest BCUT2D eigenvalue weighted by molar-refractivity contribution is -0.133. The standard InChI is InChI=1S/C29H26N2O2/c1-22-13-17-25(18-14-22)29(33,26-19-15-23(2)16-20-26)28(32)31(27-11-7-4-8-12-27)30-21-24-9-5-3-6-10-24/h3-21,33H,1-2H3/b30-21-. The van der Waals surface area contributed by atoms with Crippen LogP contribution in [-0.2, 0) is 10.4 Å². The van der Waals surface area contributed by atoms with Crippen LogP contribution in [0.2, 0.25) is 0 Å². The summed E-state index contributed by atoms with van der Waals surface area (Å²) in [6.45, 7) is 3.94. The van der Waals surface area contributed by atoms with E-state index >= 15 is 0 Å². The molecule has 0 aromatic heterocycles. The molecule has 4 aromatic carbocycles. The number of hydrogen-bond acceptors (Lipinski definition) is 3. The van der Waals surface area contributed by atoms with Gasteiger partial charge in [-0.3, -0.25) is 4.79 Å². The molecule has 0 heterocycles. The average molecular weight is 435 g/mol. The Morgan fingerprint density at radius 1 is 0.727 bits per heavy atom. The van der Waals surface area contributed by atoms with E-state index in [1.165, 1.54) is 5.01 Å². The van der Waals surface area contributed by atoms with Crippen LogP contribution in [0.4, 0.5) is 5.69 Å². The number of para-hydroxylation sites is 1. The molecular formula is C29H26N2O2. The maximum absolute atomic E-state index is 14.1. The number of amides is 1. The van der Waals surface area contributed by atoms with Crippen molar-refractivity contribution in [3.8, 4) is 0 Å². The molecule has 4 heteroatoms. The Balaban J connectivity index is 1.86. The van der Waals surface area contributed by atoms with Crippen molar-refractivity contribution >= 4 is 17.8 Å². The Morgan fingerprint density at radius 3 is 1.67 bits per heavy atom. The summed E-state index contributed by atoms with van der Waals surface area (Å²) in [7, 11) is 0. The molecule has 164 valence electrons. The first-order valence-corrected chi connectivity index (χ1v) is 10.8. The number of carbonyl (C=O) groups excluding carboxylic acids is 1. The van der Waals surface area contributed by atoms with E-state index in [1.807, 2.05) is 86.6 Å². The van der Waals surface area contributed by atoms with Gasteiger partial charge in [0, 0.05) is 0 Å². The Morgan fingerprint density at radius 2 is 1.18 bits per heavy atom. The van der Waals surface area contributed by atoms with E-state index in [2.05, 4.69) is 5.10 Å². The zero-order valence-electron chi connectivity index (χ0n) is 18.7. The lowest BCUT2D eigenvalue weighted by Crippen LogP contribution is -2.46. The van der Waals surface area contributed by atoms with Crippen LogP contribution in [0.25, 0.3) is 0 Å². The van der Waals surface area contributed by atoms with E-state index < -0.39 is 11.5 Å². The fraction of sp³-hybridized carbons (Fsp3) is 0.103. The summed E-state index contributed by atoms with van der Waals surface area (Å²) >= 11 is 0. The highest BCUT2D eigenvalue weighted by molar-refractivity contribution is 6.03. The second-order valence-electron chi connectivity index (χ2n) is 8.05. The van der Waals surface area contributed by atoms with Crippen LogP contribution >= 0.6 is 0 Å². The zero-order chi connectivity index (χ0) is 23.3. The lowest BCUT2D eigenvalue weighted by Gasteiger charge is -2.32. The molecule has 4 rings (SSSR count). The van der Waals surface area contributed by atoms with Crippen LogP contribution in [0.5, 0.6) is 0 Å². The Bertz CT molecular complexity index is 1190. The van der Waals surface area contributed by atoms with Gasteiger partial charge in [0.2, 0.25) is 0 Å². The van der Waals surface area contributed by atoms with Crippen LogP contribution < -0.4 is 5.01 Å². The number of hydrogen-bond donors (Lipinski definition) is 1. The molecule has 1 N–H and O–H groups in total. The molecule has 0 fully saturated rings. The molecule has 0 aliphatic rings. The molecule has 33 heavy (non-hydrogen) atoms. The van der Waals surface area contributed by atoms with Gasteiger partial charge in [0.25, 0.3) is 5.91 Å². The van der Waals surface area contributed by atoms with Crippen LogP contribution in [0, 0.1) is 13.8 Å². The second kappa shape index (κ2) is 9.63. The molecule has 4 nitrogen and oxygen atoms in total. The predicted molar refractivity (Wildman–Crippen MR) is 133 cm³/mol. The Hall–Kier alpha value is -4.02. The van der Waals surface area contributed by atoms with Crippen molar-refractivity contribution in [3.63, 3.8) is 0 Å².